The Morgan fingerprint density at radius 2 is 1.81 bits per heavy atom. The number of likely N-dealkylation sites (N-methyl/N-ethyl adjacent to an activating group) is 1. The van der Waals surface area contributed by atoms with E-state index in [2.05, 4.69) is 4.98 Å². The molecule has 1 N–H and O–H groups in total. The van der Waals surface area contributed by atoms with Gasteiger partial charge in [0.2, 0.25) is 15.9 Å². The Labute approximate surface area is 247 Å². The first kappa shape index (κ1) is 31.1. The Hall–Kier alpha value is -3.80. The van der Waals surface area contributed by atoms with E-state index in [1.807, 2.05) is 19.1 Å². The van der Waals surface area contributed by atoms with Crippen LogP contribution in [0.15, 0.2) is 71.8 Å². The van der Waals surface area contributed by atoms with Gasteiger partial charge in [-0.1, -0.05) is 31.2 Å². The number of benzene rings is 2. The van der Waals surface area contributed by atoms with Gasteiger partial charge in [0, 0.05) is 57.1 Å². The van der Waals surface area contributed by atoms with Crippen molar-refractivity contribution in [3.63, 3.8) is 0 Å². The fourth-order valence-corrected chi connectivity index (χ4v) is 6.70. The van der Waals surface area contributed by atoms with Crippen LogP contribution >= 0.6 is 0 Å². The lowest BCUT2D eigenvalue weighted by molar-refractivity contribution is -0.130. The van der Waals surface area contributed by atoms with Gasteiger partial charge in [0.05, 0.1) is 19.6 Å². The number of aliphatic hydroxyl groups excluding tert-OH is 1. The Bertz CT molecular complexity index is 1530. The van der Waals surface area contributed by atoms with Crippen molar-refractivity contribution in [3.05, 3.63) is 78.1 Å². The quantitative estimate of drug-likeness (QED) is 0.426. The summed E-state index contributed by atoms with van der Waals surface area (Å²) in [5.74, 6) is -0.468. The van der Waals surface area contributed by atoms with Crippen LogP contribution in [-0.2, 0) is 21.2 Å². The van der Waals surface area contributed by atoms with Crippen molar-refractivity contribution in [2.45, 2.75) is 37.3 Å². The minimum atomic E-state index is -4.03. The average Bonchev–Trinajstić information content (AvgIpc) is 2.98. The second kappa shape index (κ2) is 13.0. The number of sulfonamides is 1. The van der Waals surface area contributed by atoms with Gasteiger partial charge in [0.25, 0.3) is 5.91 Å². The molecule has 11 heteroatoms. The van der Waals surface area contributed by atoms with Crippen LogP contribution in [0.3, 0.4) is 0 Å². The van der Waals surface area contributed by atoms with Gasteiger partial charge in [-0.2, -0.15) is 4.31 Å². The van der Waals surface area contributed by atoms with Crippen LogP contribution in [0.4, 0.5) is 0 Å². The Balaban J connectivity index is 1.72. The van der Waals surface area contributed by atoms with Crippen molar-refractivity contribution in [3.8, 4) is 16.9 Å². The molecule has 2 heterocycles. The first-order chi connectivity index (χ1) is 19.9. The normalized spacial score (nSPS) is 19.0. The molecule has 0 aliphatic carbocycles. The minimum Gasteiger partial charge on any atom is -0.487 e. The SMILES string of the molecule is C[C@@H]1CN([C@H](C)CO)S(=O)(=O)c2ccc(-c3cccc(C(=O)N(C)C)c3)cc2O[C@H]1CN(C)C(=O)Cc1ccccn1. The van der Waals surface area contributed by atoms with Crippen LogP contribution < -0.4 is 4.74 Å². The van der Waals surface area contributed by atoms with Crippen molar-refractivity contribution < 1.29 is 27.9 Å². The summed E-state index contributed by atoms with van der Waals surface area (Å²) in [5.41, 5.74) is 2.55. The second-order valence-corrected chi connectivity index (χ2v) is 12.8. The second-order valence-electron chi connectivity index (χ2n) is 11.0. The highest BCUT2D eigenvalue weighted by atomic mass is 32.2. The fourth-order valence-electron chi connectivity index (χ4n) is 4.88. The molecule has 42 heavy (non-hydrogen) atoms. The van der Waals surface area contributed by atoms with Crippen molar-refractivity contribution >= 4 is 21.8 Å². The maximum Gasteiger partial charge on any atom is 0.253 e. The lowest BCUT2D eigenvalue weighted by Gasteiger charge is -2.37. The van der Waals surface area contributed by atoms with Crippen molar-refractivity contribution in [1.82, 2.24) is 19.1 Å². The topological polar surface area (TPSA) is 120 Å². The molecule has 2 amide bonds. The first-order valence-electron chi connectivity index (χ1n) is 13.8. The molecule has 3 aromatic rings. The Morgan fingerprint density at radius 1 is 1.07 bits per heavy atom. The Kier molecular flexibility index (Phi) is 9.65. The molecule has 1 aromatic heterocycles. The third kappa shape index (κ3) is 6.80. The minimum absolute atomic E-state index is 0.0218. The molecule has 0 bridgehead atoms. The lowest BCUT2D eigenvalue weighted by atomic mass is 10.0. The summed E-state index contributed by atoms with van der Waals surface area (Å²) in [6.45, 7) is 3.50. The standard InChI is InChI=1S/C31H38N4O6S/c1-21-18-35(22(2)20-36)42(39,40)29-13-12-24(23-9-8-10-25(15-23)31(38)33(3)4)16-27(29)41-28(21)19-34(5)30(37)17-26-11-6-7-14-32-26/h6-16,21-22,28,36H,17-20H2,1-5H3/t21-,22-,28+/m1/s1. The van der Waals surface area contributed by atoms with E-state index in [9.17, 15) is 23.1 Å². The van der Waals surface area contributed by atoms with Crippen molar-refractivity contribution in [1.29, 1.82) is 0 Å². The number of carbonyl (C=O) groups excluding carboxylic acids is 2. The van der Waals surface area contributed by atoms with Crippen LogP contribution in [0.5, 0.6) is 5.75 Å². The van der Waals surface area contributed by atoms with Gasteiger partial charge in [-0.15, -0.1) is 0 Å². The lowest BCUT2D eigenvalue weighted by Crippen LogP contribution is -2.50. The van der Waals surface area contributed by atoms with Crippen LogP contribution in [0.1, 0.15) is 29.9 Å². The number of carbonyl (C=O) groups is 2. The van der Waals surface area contributed by atoms with E-state index in [1.165, 1.54) is 15.3 Å². The van der Waals surface area contributed by atoms with Crippen molar-refractivity contribution in [2.75, 3.05) is 40.8 Å². The van der Waals surface area contributed by atoms with E-state index < -0.39 is 22.2 Å². The smallest absolute Gasteiger partial charge is 0.253 e. The highest BCUT2D eigenvalue weighted by molar-refractivity contribution is 7.89. The summed E-state index contributed by atoms with van der Waals surface area (Å²) < 4.78 is 35.4. The van der Waals surface area contributed by atoms with Gasteiger partial charge in [-0.25, -0.2) is 8.42 Å². The van der Waals surface area contributed by atoms with Crippen LogP contribution in [0, 0.1) is 5.92 Å². The molecule has 0 saturated heterocycles. The number of fused-ring (bicyclic) bond motifs is 1. The zero-order chi connectivity index (χ0) is 30.6. The molecular formula is C31H38N4O6S. The predicted octanol–water partition coefficient (Wildman–Crippen LogP) is 2.92. The largest absolute Gasteiger partial charge is 0.487 e. The Morgan fingerprint density at radius 3 is 2.48 bits per heavy atom. The number of rotatable bonds is 8. The number of hydrogen-bond acceptors (Lipinski definition) is 7. The van der Waals surface area contributed by atoms with E-state index in [-0.39, 0.29) is 54.5 Å². The van der Waals surface area contributed by atoms with Gasteiger partial charge in [-0.05, 0) is 54.4 Å². The molecule has 3 atom stereocenters. The molecule has 1 aliphatic heterocycles. The molecular weight excluding hydrogens is 556 g/mol. The number of pyridine rings is 1. The number of ether oxygens (including phenoxy) is 1. The summed E-state index contributed by atoms with van der Waals surface area (Å²) in [6, 6.07) is 16.7. The highest BCUT2D eigenvalue weighted by Gasteiger charge is 2.38. The van der Waals surface area contributed by atoms with Gasteiger partial charge in [-0.3, -0.25) is 14.6 Å². The summed E-state index contributed by atoms with van der Waals surface area (Å²) >= 11 is 0. The van der Waals surface area contributed by atoms with Gasteiger partial charge >= 0.3 is 0 Å². The zero-order valence-electron chi connectivity index (χ0n) is 24.6. The summed E-state index contributed by atoms with van der Waals surface area (Å²) in [7, 11) is 1.02. The summed E-state index contributed by atoms with van der Waals surface area (Å²) in [6.07, 6.45) is 1.21. The van der Waals surface area contributed by atoms with Gasteiger partial charge in [0.15, 0.2) is 0 Å². The number of amides is 2. The molecule has 0 unspecified atom stereocenters. The molecule has 0 radical (unpaired) electrons. The zero-order valence-corrected chi connectivity index (χ0v) is 25.4. The molecule has 2 aromatic carbocycles. The average molecular weight is 595 g/mol. The molecule has 4 rings (SSSR count). The fraction of sp³-hybridized carbons (Fsp3) is 0.387. The van der Waals surface area contributed by atoms with E-state index in [0.29, 0.717) is 16.8 Å². The van der Waals surface area contributed by atoms with E-state index >= 15 is 0 Å². The number of aliphatic hydroxyl groups is 1. The molecule has 10 nitrogen and oxygen atoms in total. The van der Waals surface area contributed by atoms with Crippen molar-refractivity contribution in [2.24, 2.45) is 5.92 Å². The maximum absolute atomic E-state index is 13.8. The van der Waals surface area contributed by atoms with Gasteiger partial charge in [0.1, 0.15) is 16.7 Å². The first-order valence-corrected chi connectivity index (χ1v) is 15.3. The number of nitrogens with zero attached hydrogens (tertiary/aromatic N) is 4. The predicted molar refractivity (Wildman–Crippen MR) is 159 cm³/mol. The summed E-state index contributed by atoms with van der Waals surface area (Å²) in [5, 5.41) is 9.92. The third-order valence-corrected chi connectivity index (χ3v) is 9.47. The van der Waals surface area contributed by atoms with Crippen LogP contribution in [-0.4, -0.2) is 97.4 Å². The van der Waals surface area contributed by atoms with Gasteiger partial charge < -0.3 is 19.6 Å². The van der Waals surface area contributed by atoms with Crippen LogP contribution in [0.2, 0.25) is 0 Å². The van der Waals surface area contributed by atoms with E-state index in [4.69, 9.17) is 4.74 Å². The molecule has 1 aliphatic rings. The molecule has 224 valence electrons. The number of hydrogen-bond donors (Lipinski definition) is 1. The third-order valence-electron chi connectivity index (χ3n) is 7.45. The molecule has 0 spiro atoms. The van der Waals surface area contributed by atoms with Crippen LogP contribution in [0.25, 0.3) is 11.1 Å². The highest BCUT2D eigenvalue weighted by Crippen LogP contribution is 2.37. The molecule has 0 saturated carbocycles. The van der Waals surface area contributed by atoms with E-state index in [1.54, 1.807) is 81.6 Å². The maximum atomic E-state index is 13.8. The number of aromatic nitrogens is 1. The van der Waals surface area contributed by atoms with E-state index in [0.717, 1.165) is 5.56 Å². The summed E-state index contributed by atoms with van der Waals surface area (Å²) in [4.78, 5) is 32.9. The monoisotopic (exact) mass is 594 g/mol. The molecule has 0 fully saturated rings.